The lowest BCUT2D eigenvalue weighted by atomic mass is 9.86. The molecule has 0 aliphatic carbocycles. The highest BCUT2D eigenvalue weighted by Crippen LogP contribution is 2.43. The predicted molar refractivity (Wildman–Crippen MR) is 141 cm³/mol. The molecule has 1 aromatic heterocycles. The van der Waals surface area contributed by atoms with Crippen molar-refractivity contribution in [1.82, 2.24) is 20.3 Å². The summed E-state index contributed by atoms with van der Waals surface area (Å²) in [6, 6.07) is 12.6. The highest BCUT2D eigenvalue weighted by molar-refractivity contribution is 5.90. The first-order valence-corrected chi connectivity index (χ1v) is 13.3. The summed E-state index contributed by atoms with van der Waals surface area (Å²) < 4.78 is 54.0. The number of nitrogens with zero attached hydrogens (tertiary/aromatic N) is 3. The Labute approximate surface area is 237 Å². The number of amides is 1. The Morgan fingerprint density at radius 2 is 1.83 bits per heavy atom. The smallest absolute Gasteiger partial charge is 0.224 e. The number of aliphatic hydroxyl groups excluding tert-OH is 3. The van der Waals surface area contributed by atoms with E-state index in [0.29, 0.717) is 0 Å². The number of carbonyl (C=O) groups is 1. The maximum absolute atomic E-state index is 13.8. The second-order valence-electron chi connectivity index (χ2n) is 10.4. The van der Waals surface area contributed by atoms with Crippen molar-refractivity contribution >= 4 is 16.7 Å². The summed E-state index contributed by atoms with van der Waals surface area (Å²) >= 11 is 0. The van der Waals surface area contributed by atoms with Crippen molar-refractivity contribution in [2.45, 2.75) is 49.0 Å². The number of aliphatic hydroxyl groups is 3. The average Bonchev–Trinajstić information content (AvgIpc) is 3.62. The standard InChI is InChI=1S/C29H27F3N4O6/c30-19-10-17(11-20(31)25(19)32)21-13-36(35-34-21)26-27(39)22(14-37)42-29(28(26)40)23(8-9-41-29)33-24(38)12-16-6-3-5-15-4-1-2-7-18(15)16/h1-7,10-11,13,22-23,26-28,37,39-40H,8-9,12,14H2,(H,33,38)/t22-,23-,26+,27+,28-,29+/m1/s1. The molecule has 220 valence electrons. The third-order valence-corrected chi connectivity index (χ3v) is 7.86. The van der Waals surface area contributed by atoms with E-state index in [0.717, 1.165) is 33.2 Å². The highest BCUT2D eigenvalue weighted by atomic mass is 19.2. The number of ether oxygens (including phenoxy) is 2. The third-order valence-electron chi connectivity index (χ3n) is 7.86. The first kappa shape index (κ1) is 28.2. The lowest BCUT2D eigenvalue weighted by Gasteiger charge is -2.49. The van der Waals surface area contributed by atoms with Gasteiger partial charge in [-0.15, -0.1) is 5.10 Å². The van der Waals surface area contributed by atoms with E-state index >= 15 is 0 Å². The van der Waals surface area contributed by atoms with E-state index in [1.54, 1.807) is 0 Å². The predicted octanol–water partition coefficient (Wildman–Crippen LogP) is 2.01. The van der Waals surface area contributed by atoms with Gasteiger partial charge < -0.3 is 30.1 Å². The molecule has 1 spiro atoms. The van der Waals surface area contributed by atoms with Gasteiger partial charge in [-0.05, 0) is 34.9 Å². The quantitative estimate of drug-likeness (QED) is 0.253. The first-order valence-electron chi connectivity index (χ1n) is 13.3. The lowest BCUT2D eigenvalue weighted by molar-refractivity contribution is -0.345. The van der Waals surface area contributed by atoms with Crippen LogP contribution in [0.4, 0.5) is 13.2 Å². The van der Waals surface area contributed by atoms with Gasteiger partial charge in [-0.3, -0.25) is 4.79 Å². The monoisotopic (exact) mass is 584 g/mol. The molecule has 6 rings (SSSR count). The van der Waals surface area contributed by atoms with Crippen LogP contribution >= 0.6 is 0 Å². The van der Waals surface area contributed by atoms with Gasteiger partial charge in [-0.2, -0.15) is 0 Å². The van der Waals surface area contributed by atoms with Gasteiger partial charge in [0, 0.05) is 5.56 Å². The molecule has 6 atom stereocenters. The first-order chi connectivity index (χ1) is 20.2. The van der Waals surface area contributed by atoms with Crippen LogP contribution < -0.4 is 5.32 Å². The molecule has 0 saturated carbocycles. The average molecular weight is 585 g/mol. The van der Waals surface area contributed by atoms with Crippen molar-refractivity contribution in [2.24, 2.45) is 0 Å². The van der Waals surface area contributed by atoms with Crippen LogP contribution in [0.15, 0.2) is 60.8 Å². The number of halogens is 3. The van der Waals surface area contributed by atoms with Crippen molar-refractivity contribution < 1.29 is 42.8 Å². The fourth-order valence-corrected chi connectivity index (χ4v) is 5.81. The molecule has 2 aliphatic rings. The van der Waals surface area contributed by atoms with E-state index in [1.165, 1.54) is 6.20 Å². The number of benzene rings is 3. The molecule has 42 heavy (non-hydrogen) atoms. The minimum absolute atomic E-state index is 0.0384. The molecule has 3 aromatic carbocycles. The van der Waals surface area contributed by atoms with Crippen molar-refractivity contribution in [3.05, 3.63) is 83.8 Å². The van der Waals surface area contributed by atoms with Gasteiger partial charge in [0.2, 0.25) is 11.7 Å². The fraction of sp³-hybridized carbons (Fsp3) is 0.345. The van der Waals surface area contributed by atoms with Crippen LogP contribution in [-0.2, 0) is 20.7 Å². The van der Waals surface area contributed by atoms with E-state index in [1.807, 2.05) is 42.5 Å². The highest BCUT2D eigenvalue weighted by Gasteiger charge is 2.62. The summed E-state index contributed by atoms with van der Waals surface area (Å²) in [5.41, 5.74) is 0.604. The normalized spacial score (nSPS) is 27.5. The number of aromatic nitrogens is 3. The maximum Gasteiger partial charge on any atom is 0.224 e. The molecular formula is C29H27F3N4O6. The lowest BCUT2D eigenvalue weighted by Crippen LogP contribution is -2.69. The Bertz CT molecular complexity index is 1610. The van der Waals surface area contributed by atoms with E-state index < -0.39 is 60.2 Å². The van der Waals surface area contributed by atoms with Crippen molar-refractivity contribution in [3.63, 3.8) is 0 Å². The van der Waals surface area contributed by atoms with Crippen LogP contribution in [-0.4, -0.2) is 79.6 Å². The Morgan fingerprint density at radius 3 is 2.60 bits per heavy atom. The molecular weight excluding hydrogens is 557 g/mol. The van der Waals surface area contributed by atoms with Gasteiger partial charge in [0.1, 0.15) is 30.0 Å². The van der Waals surface area contributed by atoms with Crippen LogP contribution in [0.1, 0.15) is 18.0 Å². The third kappa shape index (κ3) is 4.82. The molecule has 0 unspecified atom stereocenters. The summed E-state index contributed by atoms with van der Waals surface area (Å²) in [6.45, 7) is -0.573. The zero-order valence-electron chi connectivity index (χ0n) is 22.0. The van der Waals surface area contributed by atoms with Gasteiger partial charge in [-0.25, -0.2) is 17.9 Å². The summed E-state index contributed by atoms with van der Waals surface area (Å²) in [5, 5.41) is 45.2. The Kier molecular flexibility index (Phi) is 7.45. The van der Waals surface area contributed by atoms with Gasteiger partial charge in [-0.1, -0.05) is 47.7 Å². The summed E-state index contributed by atoms with van der Waals surface area (Å²) in [4.78, 5) is 13.2. The van der Waals surface area contributed by atoms with E-state index in [4.69, 9.17) is 9.47 Å². The van der Waals surface area contributed by atoms with Gasteiger partial charge >= 0.3 is 0 Å². The topological polar surface area (TPSA) is 139 Å². The van der Waals surface area contributed by atoms with Crippen LogP contribution in [0, 0.1) is 17.5 Å². The molecule has 13 heteroatoms. The van der Waals surface area contributed by atoms with E-state index in [2.05, 4.69) is 15.6 Å². The van der Waals surface area contributed by atoms with Crippen molar-refractivity contribution in [1.29, 1.82) is 0 Å². The largest absolute Gasteiger partial charge is 0.394 e. The van der Waals surface area contributed by atoms with Gasteiger partial charge in [0.25, 0.3) is 0 Å². The van der Waals surface area contributed by atoms with E-state index in [9.17, 15) is 33.3 Å². The molecule has 3 heterocycles. The zero-order chi connectivity index (χ0) is 29.6. The Balaban J connectivity index is 1.27. The molecule has 0 bridgehead atoms. The van der Waals surface area contributed by atoms with Crippen LogP contribution in [0.25, 0.3) is 22.0 Å². The fourth-order valence-electron chi connectivity index (χ4n) is 5.81. The zero-order valence-corrected chi connectivity index (χ0v) is 22.0. The number of nitrogens with one attached hydrogen (secondary N) is 1. The number of hydrogen-bond acceptors (Lipinski definition) is 8. The van der Waals surface area contributed by atoms with Crippen molar-refractivity contribution in [2.75, 3.05) is 13.2 Å². The van der Waals surface area contributed by atoms with Crippen molar-refractivity contribution in [3.8, 4) is 11.3 Å². The minimum Gasteiger partial charge on any atom is -0.394 e. The summed E-state index contributed by atoms with van der Waals surface area (Å²) in [7, 11) is 0. The number of hydrogen-bond donors (Lipinski definition) is 4. The summed E-state index contributed by atoms with van der Waals surface area (Å²) in [5.74, 6) is -6.71. The molecule has 4 aromatic rings. The molecule has 2 saturated heterocycles. The van der Waals surface area contributed by atoms with Crippen LogP contribution in [0.5, 0.6) is 0 Å². The summed E-state index contributed by atoms with van der Waals surface area (Å²) in [6.07, 6.45) is -2.92. The second kappa shape index (κ2) is 11.1. The molecule has 2 aliphatic heterocycles. The second-order valence-corrected chi connectivity index (χ2v) is 10.4. The molecule has 0 radical (unpaired) electrons. The molecule has 10 nitrogen and oxygen atoms in total. The van der Waals surface area contributed by atoms with Crippen LogP contribution in [0.2, 0.25) is 0 Å². The maximum atomic E-state index is 13.8. The Hall–Kier alpha value is -3.88. The molecule has 2 fully saturated rings. The SMILES string of the molecule is O=C(Cc1cccc2ccccc12)N[C@@H]1CCO[C@]12O[C@H](CO)[C@H](O)[C@H](n1cc(-c3cc(F)c(F)c(F)c3)nn1)[C@H]2O. The molecule has 1 amide bonds. The number of carbonyl (C=O) groups excluding carboxylic acids is 1. The number of rotatable bonds is 6. The number of fused-ring (bicyclic) bond motifs is 1. The Morgan fingerprint density at radius 1 is 1.10 bits per heavy atom. The van der Waals surface area contributed by atoms with Gasteiger partial charge in [0.05, 0.1) is 31.9 Å². The molecule has 4 N–H and O–H groups in total. The van der Waals surface area contributed by atoms with E-state index in [-0.39, 0.29) is 36.6 Å². The minimum atomic E-state index is -1.87. The van der Waals surface area contributed by atoms with Crippen LogP contribution in [0.3, 0.4) is 0 Å². The van der Waals surface area contributed by atoms with Gasteiger partial charge in [0.15, 0.2) is 17.5 Å².